The molecule has 0 radical (unpaired) electrons. The Morgan fingerprint density at radius 3 is 2.58 bits per heavy atom. The monoisotopic (exact) mass is 345 g/mol. The minimum atomic E-state index is -0.265. The number of rotatable bonds is 2. The molecule has 128 valence electrons. The summed E-state index contributed by atoms with van der Waals surface area (Å²) in [4.78, 5) is 31.2. The Bertz CT molecular complexity index is 645. The van der Waals surface area contributed by atoms with Gasteiger partial charge in [-0.15, -0.1) is 11.8 Å². The third-order valence-corrected chi connectivity index (χ3v) is 6.95. The van der Waals surface area contributed by atoms with Gasteiger partial charge in [0.2, 0.25) is 11.8 Å². The SMILES string of the molecule is C[C@@]12CCC(=O)N1[C@@H](C(=O)N1CCN(c3ccccc3)CC1)CS2. The number of anilines is 1. The van der Waals surface area contributed by atoms with Gasteiger partial charge in [0.05, 0.1) is 4.87 Å². The highest BCUT2D eigenvalue weighted by atomic mass is 32.2. The zero-order valence-electron chi connectivity index (χ0n) is 14.0. The van der Waals surface area contributed by atoms with Crippen LogP contribution in [-0.4, -0.2) is 64.5 Å². The number of fused-ring (bicyclic) bond motifs is 1. The van der Waals surface area contributed by atoms with Crippen LogP contribution in [0.4, 0.5) is 5.69 Å². The fraction of sp³-hybridized carbons (Fsp3) is 0.556. The molecular weight excluding hydrogens is 322 g/mol. The average Bonchev–Trinajstić information content (AvgIpc) is 3.11. The summed E-state index contributed by atoms with van der Waals surface area (Å²) in [6.07, 6.45) is 1.44. The highest BCUT2D eigenvalue weighted by molar-refractivity contribution is 8.01. The van der Waals surface area contributed by atoms with E-state index >= 15 is 0 Å². The summed E-state index contributed by atoms with van der Waals surface area (Å²) in [5, 5.41) is 0. The molecule has 0 saturated carbocycles. The van der Waals surface area contributed by atoms with E-state index in [4.69, 9.17) is 0 Å². The summed E-state index contributed by atoms with van der Waals surface area (Å²) in [6, 6.07) is 10.1. The van der Waals surface area contributed by atoms with Crippen LogP contribution in [0.2, 0.25) is 0 Å². The van der Waals surface area contributed by atoms with Gasteiger partial charge in [0.1, 0.15) is 6.04 Å². The topological polar surface area (TPSA) is 43.9 Å². The number of benzene rings is 1. The third kappa shape index (κ3) is 2.57. The van der Waals surface area contributed by atoms with Crippen LogP contribution in [0.15, 0.2) is 30.3 Å². The quantitative estimate of drug-likeness (QED) is 0.820. The minimum absolute atomic E-state index is 0.134. The first-order valence-electron chi connectivity index (χ1n) is 8.63. The number of hydrogen-bond donors (Lipinski definition) is 0. The molecule has 0 aliphatic carbocycles. The fourth-order valence-electron chi connectivity index (χ4n) is 4.04. The lowest BCUT2D eigenvalue weighted by Crippen LogP contribution is -2.56. The molecule has 3 fully saturated rings. The van der Waals surface area contributed by atoms with Crippen LogP contribution in [0, 0.1) is 0 Å². The van der Waals surface area contributed by atoms with Crippen molar-refractivity contribution in [3.05, 3.63) is 30.3 Å². The molecule has 3 heterocycles. The molecule has 0 bridgehead atoms. The molecule has 4 rings (SSSR count). The lowest BCUT2D eigenvalue weighted by atomic mass is 10.1. The summed E-state index contributed by atoms with van der Waals surface area (Å²) < 4.78 is 0. The molecular formula is C18H23N3O2S. The molecule has 1 aromatic carbocycles. The van der Waals surface area contributed by atoms with Crippen LogP contribution in [0.3, 0.4) is 0 Å². The Kier molecular flexibility index (Phi) is 3.95. The number of nitrogens with zero attached hydrogens (tertiary/aromatic N) is 3. The number of para-hydroxylation sites is 1. The molecule has 3 saturated heterocycles. The number of hydrogen-bond acceptors (Lipinski definition) is 4. The number of piperazine rings is 1. The largest absolute Gasteiger partial charge is 0.368 e. The maximum atomic E-state index is 13.0. The van der Waals surface area contributed by atoms with E-state index in [1.54, 1.807) is 11.8 Å². The van der Waals surface area contributed by atoms with Crippen LogP contribution in [0.5, 0.6) is 0 Å². The predicted octanol–water partition coefficient (Wildman–Crippen LogP) is 1.79. The third-order valence-electron chi connectivity index (χ3n) is 5.44. The number of amides is 2. The van der Waals surface area contributed by atoms with Crippen molar-refractivity contribution in [2.24, 2.45) is 0 Å². The van der Waals surface area contributed by atoms with Gasteiger partial charge in [-0.1, -0.05) is 18.2 Å². The second-order valence-corrected chi connectivity index (χ2v) is 8.41. The molecule has 3 aliphatic heterocycles. The molecule has 5 nitrogen and oxygen atoms in total. The van der Waals surface area contributed by atoms with Crippen molar-refractivity contribution in [1.82, 2.24) is 9.80 Å². The second-order valence-electron chi connectivity index (χ2n) is 6.91. The Balaban J connectivity index is 1.41. The van der Waals surface area contributed by atoms with Crippen LogP contribution >= 0.6 is 11.8 Å². The zero-order valence-corrected chi connectivity index (χ0v) is 14.8. The normalized spacial score (nSPS) is 30.0. The number of thioether (sulfide) groups is 1. The summed E-state index contributed by atoms with van der Waals surface area (Å²) in [5.74, 6) is 1.01. The van der Waals surface area contributed by atoms with Gasteiger partial charge in [-0.2, -0.15) is 0 Å². The summed E-state index contributed by atoms with van der Waals surface area (Å²) >= 11 is 1.76. The van der Waals surface area contributed by atoms with Gasteiger partial charge in [-0.3, -0.25) is 9.59 Å². The van der Waals surface area contributed by atoms with Gasteiger partial charge in [0.25, 0.3) is 0 Å². The molecule has 0 N–H and O–H groups in total. The standard InChI is InChI=1S/C18H23N3O2S/c1-18-8-7-16(22)21(18)15(13-24-18)17(23)20-11-9-19(10-12-20)14-5-3-2-4-6-14/h2-6,15H,7-13H2,1H3/t15-,18-/m1/s1. The Morgan fingerprint density at radius 2 is 1.88 bits per heavy atom. The van der Waals surface area contributed by atoms with Gasteiger partial charge in [0, 0.05) is 44.0 Å². The van der Waals surface area contributed by atoms with Crippen molar-refractivity contribution in [2.45, 2.75) is 30.7 Å². The van der Waals surface area contributed by atoms with Crippen molar-refractivity contribution < 1.29 is 9.59 Å². The molecule has 0 aromatic heterocycles. The first-order chi connectivity index (χ1) is 11.6. The molecule has 6 heteroatoms. The lowest BCUT2D eigenvalue weighted by molar-refractivity contribution is -0.143. The van der Waals surface area contributed by atoms with Gasteiger partial charge in [-0.05, 0) is 25.5 Å². The summed E-state index contributed by atoms with van der Waals surface area (Å²) in [7, 11) is 0. The minimum Gasteiger partial charge on any atom is -0.368 e. The first-order valence-corrected chi connectivity index (χ1v) is 9.62. The molecule has 2 amide bonds. The van der Waals surface area contributed by atoms with E-state index in [0.29, 0.717) is 6.42 Å². The van der Waals surface area contributed by atoms with E-state index in [2.05, 4.69) is 24.0 Å². The fourth-order valence-corrected chi connectivity index (χ4v) is 5.46. The van der Waals surface area contributed by atoms with Crippen LogP contribution in [0.25, 0.3) is 0 Å². The summed E-state index contributed by atoms with van der Waals surface area (Å²) in [6.45, 7) is 5.26. The van der Waals surface area contributed by atoms with Crippen LogP contribution in [-0.2, 0) is 9.59 Å². The van der Waals surface area contributed by atoms with Gasteiger partial charge < -0.3 is 14.7 Å². The average molecular weight is 345 g/mol. The number of carbonyl (C=O) groups is 2. The molecule has 1 aromatic rings. The van der Waals surface area contributed by atoms with Crippen molar-refractivity contribution >= 4 is 29.3 Å². The first kappa shape index (κ1) is 15.8. The molecule has 0 unspecified atom stereocenters. The highest BCUT2D eigenvalue weighted by Gasteiger charge is 2.53. The Hall–Kier alpha value is -1.69. The predicted molar refractivity (Wildman–Crippen MR) is 96.0 cm³/mol. The van der Waals surface area contributed by atoms with Gasteiger partial charge in [0.15, 0.2) is 0 Å². The Labute approximate surface area is 147 Å². The van der Waals surface area contributed by atoms with E-state index < -0.39 is 0 Å². The maximum absolute atomic E-state index is 13.0. The molecule has 2 atom stereocenters. The van der Waals surface area contributed by atoms with Crippen LogP contribution in [0.1, 0.15) is 19.8 Å². The maximum Gasteiger partial charge on any atom is 0.246 e. The van der Waals surface area contributed by atoms with E-state index in [0.717, 1.165) is 38.4 Å². The Morgan fingerprint density at radius 1 is 1.17 bits per heavy atom. The molecule has 3 aliphatic rings. The molecule has 0 spiro atoms. The van der Waals surface area contributed by atoms with Crippen molar-refractivity contribution in [2.75, 3.05) is 36.8 Å². The van der Waals surface area contributed by atoms with Crippen molar-refractivity contribution in [1.29, 1.82) is 0 Å². The smallest absolute Gasteiger partial charge is 0.246 e. The van der Waals surface area contributed by atoms with Crippen molar-refractivity contribution in [3.8, 4) is 0 Å². The van der Waals surface area contributed by atoms with E-state index in [-0.39, 0.29) is 22.7 Å². The van der Waals surface area contributed by atoms with E-state index in [1.807, 2.05) is 28.0 Å². The lowest BCUT2D eigenvalue weighted by Gasteiger charge is -2.39. The van der Waals surface area contributed by atoms with E-state index in [9.17, 15) is 9.59 Å². The summed E-state index contributed by atoms with van der Waals surface area (Å²) in [5.41, 5.74) is 1.21. The zero-order chi connectivity index (χ0) is 16.7. The second kappa shape index (κ2) is 5.99. The van der Waals surface area contributed by atoms with Gasteiger partial charge in [-0.25, -0.2) is 0 Å². The highest BCUT2D eigenvalue weighted by Crippen LogP contribution is 2.47. The van der Waals surface area contributed by atoms with Gasteiger partial charge >= 0.3 is 0 Å². The van der Waals surface area contributed by atoms with E-state index in [1.165, 1.54) is 5.69 Å². The molecule has 24 heavy (non-hydrogen) atoms. The van der Waals surface area contributed by atoms with Crippen molar-refractivity contribution in [3.63, 3.8) is 0 Å². The van der Waals surface area contributed by atoms with Crippen LogP contribution < -0.4 is 4.90 Å². The number of carbonyl (C=O) groups excluding carboxylic acids is 2.